The van der Waals surface area contributed by atoms with Gasteiger partial charge in [-0.3, -0.25) is 4.79 Å². The molecule has 2 atom stereocenters. The van der Waals surface area contributed by atoms with Crippen molar-refractivity contribution in [2.24, 2.45) is 0 Å². The first-order chi connectivity index (χ1) is 8.13. The summed E-state index contributed by atoms with van der Waals surface area (Å²) in [6.45, 7) is -0.545. The maximum absolute atomic E-state index is 11.3. The van der Waals surface area contributed by atoms with Crippen molar-refractivity contribution in [3.05, 3.63) is 23.0 Å². The minimum absolute atomic E-state index is 0.00528. The highest BCUT2D eigenvalue weighted by atomic mass is 16.4. The predicted octanol–water partition coefficient (Wildman–Crippen LogP) is -2.17. The monoisotopic (exact) mass is 240 g/mol. The number of aromatic amines is 1. The van der Waals surface area contributed by atoms with Gasteiger partial charge in [0.15, 0.2) is 11.2 Å². The summed E-state index contributed by atoms with van der Waals surface area (Å²) in [5, 5.41) is 27.5. The predicted molar refractivity (Wildman–Crippen MR) is 57.2 cm³/mol. The number of nitrogens with zero attached hydrogens (tertiary/aromatic N) is 3. The van der Waals surface area contributed by atoms with Crippen LogP contribution < -0.4 is 5.56 Å². The molecule has 8 heteroatoms. The van der Waals surface area contributed by atoms with E-state index < -0.39 is 18.8 Å². The third-order valence-corrected chi connectivity index (χ3v) is 2.42. The second-order valence-corrected chi connectivity index (χ2v) is 3.62. The summed E-state index contributed by atoms with van der Waals surface area (Å²) >= 11 is 0. The maximum Gasteiger partial charge on any atom is 0.278 e. The smallest absolute Gasteiger partial charge is 0.278 e. The van der Waals surface area contributed by atoms with Crippen molar-refractivity contribution in [3.8, 4) is 0 Å². The number of aliphatic hydroxyl groups excluding tert-OH is 3. The standard InChI is InChI=1S/C9H12N4O4/c14-2-6(16)5(15)1-13-4-12-7-8(13)10-3-11-9(7)17/h3-6,14-16H,1-2H2,(H,10,11,17)/t5-,6+/m1/s1. The van der Waals surface area contributed by atoms with Gasteiger partial charge < -0.3 is 24.9 Å². The number of aliphatic hydroxyl groups is 3. The van der Waals surface area contributed by atoms with E-state index in [1.165, 1.54) is 17.2 Å². The largest absolute Gasteiger partial charge is 0.394 e. The molecule has 0 aliphatic rings. The second-order valence-electron chi connectivity index (χ2n) is 3.62. The number of hydrogen-bond donors (Lipinski definition) is 4. The van der Waals surface area contributed by atoms with Crippen LogP contribution in [0.2, 0.25) is 0 Å². The van der Waals surface area contributed by atoms with Gasteiger partial charge in [0.2, 0.25) is 0 Å². The van der Waals surface area contributed by atoms with E-state index in [0.717, 1.165) is 0 Å². The number of H-pyrrole nitrogens is 1. The Labute approximate surface area is 95.2 Å². The Morgan fingerprint density at radius 2 is 2.12 bits per heavy atom. The van der Waals surface area contributed by atoms with Crippen molar-refractivity contribution in [1.82, 2.24) is 19.5 Å². The van der Waals surface area contributed by atoms with E-state index in [4.69, 9.17) is 5.11 Å². The molecule has 2 aromatic rings. The molecule has 8 nitrogen and oxygen atoms in total. The molecule has 0 fully saturated rings. The Bertz CT molecular complexity index is 563. The van der Waals surface area contributed by atoms with Gasteiger partial charge in [0, 0.05) is 0 Å². The molecule has 92 valence electrons. The fourth-order valence-electron chi connectivity index (χ4n) is 1.47. The van der Waals surface area contributed by atoms with Crippen LogP contribution in [0, 0.1) is 0 Å². The van der Waals surface area contributed by atoms with Crippen LogP contribution in [0.4, 0.5) is 0 Å². The molecule has 0 amide bonds. The molecular weight excluding hydrogens is 228 g/mol. The maximum atomic E-state index is 11.3. The van der Waals surface area contributed by atoms with Crippen molar-refractivity contribution >= 4 is 11.2 Å². The third kappa shape index (κ3) is 2.18. The van der Waals surface area contributed by atoms with E-state index in [9.17, 15) is 15.0 Å². The van der Waals surface area contributed by atoms with Crippen LogP contribution in [0.1, 0.15) is 0 Å². The lowest BCUT2D eigenvalue weighted by molar-refractivity contribution is -0.0211. The van der Waals surface area contributed by atoms with Crippen LogP contribution in [0.3, 0.4) is 0 Å². The summed E-state index contributed by atoms with van der Waals surface area (Å²) in [5.74, 6) is 0. The lowest BCUT2D eigenvalue weighted by atomic mass is 10.2. The van der Waals surface area contributed by atoms with Crippen LogP contribution in [-0.4, -0.2) is 53.7 Å². The minimum atomic E-state index is -1.24. The van der Waals surface area contributed by atoms with E-state index in [0.29, 0.717) is 5.65 Å². The summed E-state index contributed by atoms with van der Waals surface area (Å²) in [6.07, 6.45) is 0.186. The molecule has 17 heavy (non-hydrogen) atoms. The zero-order valence-corrected chi connectivity index (χ0v) is 8.82. The zero-order chi connectivity index (χ0) is 12.4. The summed E-state index contributed by atoms with van der Waals surface area (Å²) in [5.41, 5.74) is 0.113. The summed E-state index contributed by atoms with van der Waals surface area (Å²) in [4.78, 5) is 21.5. The normalized spacial score (nSPS) is 15.0. The van der Waals surface area contributed by atoms with E-state index in [1.807, 2.05) is 0 Å². The van der Waals surface area contributed by atoms with Crippen LogP contribution in [0.25, 0.3) is 11.2 Å². The molecule has 0 unspecified atom stereocenters. The average Bonchev–Trinajstić information content (AvgIpc) is 2.73. The van der Waals surface area contributed by atoms with Crippen molar-refractivity contribution < 1.29 is 15.3 Å². The van der Waals surface area contributed by atoms with Crippen molar-refractivity contribution in [2.45, 2.75) is 18.8 Å². The molecule has 0 spiro atoms. The molecule has 0 aliphatic heterocycles. The summed E-state index contributed by atoms with van der Waals surface area (Å²) in [6, 6.07) is 0. The molecule has 2 rings (SSSR count). The van der Waals surface area contributed by atoms with Crippen LogP contribution in [-0.2, 0) is 6.54 Å². The van der Waals surface area contributed by atoms with Gasteiger partial charge in [0.25, 0.3) is 5.56 Å². The molecule has 2 aromatic heterocycles. The van der Waals surface area contributed by atoms with Crippen LogP contribution >= 0.6 is 0 Å². The highest BCUT2D eigenvalue weighted by Gasteiger charge is 2.17. The molecular formula is C9H12N4O4. The molecule has 0 saturated carbocycles. The Balaban J connectivity index is 2.31. The third-order valence-electron chi connectivity index (χ3n) is 2.42. The van der Waals surface area contributed by atoms with Crippen molar-refractivity contribution in [3.63, 3.8) is 0 Å². The molecule has 4 N–H and O–H groups in total. The van der Waals surface area contributed by atoms with E-state index >= 15 is 0 Å². The van der Waals surface area contributed by atoms with Gasteiger partial charge in [-0.15, -0.1) is 0 Å². The molecule has 0 aromatic carbocycles. The highest BCUT2D eigenvalue weighted by molar-refractivity contribution is 5.68. The van der Waals surface area contributed by atoms with Gasteiger partial charge in [-0.25, -0.2) is 9.97 Å². The SMILES string of the molecule is O=c1[nH]cnc2c1ncn2C[C@@H](O)[C@@H](O)CO. The summed E-state index contributed by atoms with van der Waals surface area (Å²) < 4.78 is 1.44. The van der Waals surface area contributed by atoms with Gasteiger partial charge >= 0.3 is 0 Å². The van der Waals surface area contributed by atoms with Gasteiger partial charge in [0.1, 0.15) is 12.2 Å². The quantitative estimate of drug-likeness (QED) is 0.482. The first-order valence-electron chi connectivity index (χ1n) is 4.99. The molecule has 0 bridgehead atoms. The second kappa shape index (κ2) is 4.62. The summed E-state index contributed by atoms with van der Waals surface area (Å²) in [7, 11) is 0. The highest BCUT2D eigenvalue weighted by Crippen LogP contribution is 2.06. The first-order valence-corrected chi connectivity index (χ1v) is 4.99. The van der Waals surface area contributed by atoms with E-state index in [1.54, 1.807) is 0 Å². The lowest BCUT2D eigenvalue weighted by Gasteiger charge is -2.15. The molecule has 2 heterocycles. The molecule has 0 saturated heterocycles. The average molecular weight is 240 g/mol. The van der Waals surface area contributed by atoms with Gasteiger partial charge in [0.05, 0.1) is 25.8 Å². The lowest BCUT2D eigenvalue weighted by Crippen LogP contribution is -2.33. The minimum Gasteiger partial charge on any atom is -0.394 e. The Morgan fingerprint density at radius 3 is 2.82 bits per heavy atom. The Morgan fingerprint density at radius 1 is 1.35 bits per heavy atom. The molecule has 0 radical (unpaired) electrons. The Kier molecular flexibility index (Phi) is 3.18. The number of fused-ring (bicyclic) bond motifs is 1. The number of rotatable bonds is 4. The topological polar surface area (TPSA) is 124 Å². The van der Waals surface area contributed by atoms with Gasteiger partial charge in [-0.2, -0.15) is 0 Å². The number of aromatic nitrogens is 4. The van der Waals surface area contributed by atoms with Crippen molar-refractivity contribution in [2.75, 3.05) is 6.61 Å². The Hall–Kier alpha value is -1.77. The number of imidazole rings is 1. The van der Waals surface area contributed by atoms with Crippen LogP contribution in [0.5, 0.6) is 0 Å². The van der Waals surface area contributed by atoms with Gasteiger partial charge in [-0.05, 0) is 0 Å². The number of hydrogen-bond acceptors (Lipinski definition) is 6. The van der Waals surface area contributed by atoms with E-state index in [-0.39, 0.29) is 17.6 Å². The zero-order valence-electron chi connectivity index (χ0n) is 8.82. The molecule has 0 aliphatic carbocycles. The fourth-order valence-corrected chi connectivity index (χ4v) is 1.47. The number of nitrogens with one attached hydrogen (secondary N) is 1. The fraction of sp³-hybridized carbons (Fsp3) is 0.444. The van der Waals surface area contributed by atoms with E-state index in [2.05, 4.69) is 15.0 Å². The first kappa shape index (κ1) is 11.7. The van der Waals surface area contributed by atoms with Gasteiger partial charge in [-0.1, -0.05) is 0 Å². The van der Waals surface area contributed by atoms with Crippen molar-refractivity contribution in [1.29, 1.82) is 0 Å². The van der Waals surface area contributed by atoms with Crippen LogP contribution in [0.15, 0.2) is 17.4 Å².